The van der Waals surface area contributed by atoms with E-state index in [2.05, 4.69) is 15.3 Å². The molecule has 1 unspecified atom stereocenters. The Balaban J connectivity index is 1.36. The molecule has 0 bridgehead atoms. The number of morpholine rings is 1. The van der Waals surface area contributed by atoms with Gasteiger partial charge < -0.3 is 15.0 Å². The van der Waals surface area contributed by atoms with Crippen LogP contribution in [0.15, 0.2) is 54.6 Å². The van der Waals surface area contributed by atoms with Crippen molar-refractivity contribution in [2.45, 2.75) is 12.6 Å². The highest BCUT2D eigenvalue weighted by Crippen LogP contribution is 2.26. The summed E-state index contributed by atoms with van der Waals surface area (Å²) < 4.78 is 7.63. The molecule has 0 spiro atoms. The van der Waals surface area contributed by atoms with E-state index in [0.717, 1.165) is 16.3 Å². The van der Waals surface area contributed by atoms with Crippen molar-refractivity contribution in [3.8, 4) is 5.82 Å². The maximum absolute atomic E-state index is 12.5. The number of urea groups is 1. The van der Waals surface area contributed by atoms with Gasteiger partial charge in [0.1, 0.15) is 18.2 Å². The lowest BCUT2D eigenvalue weighted by Gasteiger charge is -2.32. The van der Waals surface area contributed by atoms with Crippen molar-refractivity contribution >= 4 is 17.4 Å². The summed E-state index contributed by atoms with van der Waals surface area (Å²) in [5.74, 6) is 0.776. The molecule has 1 aliphatic heterocycles. The quantitative estimate of drug-likeness (QED) is 0.767. The first-order chi connectivity index (χ1) is 12.8. The number of nitrogens with one attached hydrogen (secondary N) is 1. The molecule has 1 fully saturated rings. The summed E-state index contributed by atoms with van der Waals surface area (Å²) in [7, 11) is 0. The van der Waals surface area contributed by atoms with E-state index in [4.69, 9.17) is 4.74 Å². The second-order valence-corrected chi connectivity index (χ2v) is 6.95. The Bertz CT molecular complexity index is 850. The average Bonchev–Trinajstić information content (AvgIpc) is 3.40. The zero-order valence-corrected chi connectivity index (χ0v) is 14.9. The van der Waals surface area contributed by atoms with Crippen molar-refractivity contribution in [3.63, 3.8) is 0 Å². The Morgan fingerprint density at radius 2 is 2.35 bits per heavy atom. The summed E-state index contributed by atoms with van der Waals surface area (Å²) in [6.45, 7) is 2.17. The third-order valence-electron chi connectivity index (χ3n) is 4.24. The first-order valence-corrected chi connectivity index (χ1v) is 9.28. The summed E-state index contributed by atoms with van der Waals surface area (Å²) in [5, 5.41) is 5.02. The van der Waals surface area contributed by atoms with Gasteiger partial charge in [0.25, 0.3) is 0 Å². The van der Waals surface area contributed by atoms with Gasteiger partial charge in [-0.05, 0) is 29.1 Å². The number of aromatic nitrogens is 3. The number of hydrogen-bond donors (Lipinski definition) is 1. The summed E-state index contributed by atoms with van der Waals surface area (Å²) in [6, 6.07) is 7.81. The highest BCUT2D eigenvalue weighted by molar-refractivity contribution is 7.10. The van der Waals surface area contributed by atoms with Crippen LogP contribution in [-0.4, -0.2) is 45.2 Å². The van der Waals surface area contributed by atoms with Crippen molar-refractivity contribution in [3.05, 3.63) is 65.0 Å². The summed E-state index contributed by atoms with van der Waals surface area (Å²) in [6.07, 6.45) is 6.94. The van der Waals surface area contributed by atoms with Crippen molar-refractivity contribution in [1.82, 2.24) is 24.8 Å². The molecule has 8 heteroatoms. The van der Waals surface area contributed by atoms with Crippen LogP contribution in [0.25, 0.3) is 5.82 Å². The normalized spacial score (nSPS) is 17.2. The molecule has 1 saturated heterocycles. The van der Waals surface area contributed by atoms with E-state index in [0.29, 0.717) is 26.2 Å². The minimum Gasteiger partial charge on any atom is -0.369 e. The number of nitrogens with zero attached hydrogens (tertiary/aromatic N) is 4. The fraction of sp³-hybridized carbons (Fsp3) is 0.278. The van der Waals surface area contributed by atoms with E-state index in [1.54, 1.807) is 30.1 Å². The van der Waals surface area contributed by atoms with Gasteiger partial charge in [-0.25, -0.2) is 14.8 Å². The lowest BCUT2D eigenvalue weighted by molar-refractivity contribution is -0.0136. The standard InChI is InChI=1S/C18H19N5O2S/c24-18(22-7-8-25-15(12-22)16-2-1-9-26-16)21-11-14-3-4-20-17(10-14)23-6-5-19-13-23/h1-6,9-10,13,15H,7-8,11-12H2,(H,21,24). The highest BCUT2D eigenvalue weighted by Gasteiger charge is 2.25. The largest absolute Gasteiger partial charge is 0.369 e. The van der Waals surface area contributed by atoms with Crippen LogP contribution < -0.4 is 5.32 Å². The Morgan fingerprint density at radius 1 is 1.38 bits per heavy atom. The number of thiophene rings is 1. The maximum Gasteiger partial charge on any atom is 0.317 e. The van der Waals surface area contributed by atoms with Crippen LogP contribution in [0.4, 0.5) is 4.79 Å². The predicted molar refractivity (Wildman–Crippen MR) is 98.2 cm³/mol. The van der Waals surface area contributed by atoms with Crippen LogP contribution in [0.3, 0.4) is 0 Å². The second kappa shape index (κ2) is 7.67. The van der Waals surface area contributed by atoms with Crippen LogP contribution in [0.2, 0.25) is 0 Å². The van der Waals surface area contributed by atoms with Gasteiger partial charge in [0.15, 0.2) is 0 Å². The molecule has 1 N–H and O–H groups in total. The first-order valence-electron chi connectivity index (χ1n) is 8.40. The van der Waals surface area contributed by atoms with Crippen molar-refractivity contribution in [1.29, 1.82) is 0 Å². The fourth-order valence-corrected chi connectivity index (χ4v) is 3.64. The molecular weight excluding hydrogens is 350 g/mol. The number of imidazole rings is 1. The number of ether oxygens (including phenoxy) is 1. The molecule has 26 heavy (non-hydrogen) atoms. The van der Waals surface area contributed by atoms with E-state index in [-0.39, 0.29) is 12.1 Å². The minimum absolute atomic E-state index is 0.0386. The van der Waals surface area contributed by atoms with Gasteiger partial charge in [0, 0.05) is 36.6 Å². The Labute approximate surface area is 155 Å². The number of rotatable bonds is 4. The Hall–Kier alpha value is -2.71. The van der Waals surface area contributed by atoms with Crippen molar-refractivity contribution in [2.24, 2.45) is 0 Å². The molecule has 7 nitrogen and oxygen atoms in total. The monoisotopic (exact) mass is 369 g/mol. The predicted octanol–water partition coefficient (Wildman–Crippen LogP) is 2.61. The van der Waals surface area contributed by atoms with Gasteiger partial charge in [-0.2, -0.15) is 0 Å². The lowest BCUT2D eigenvalue weighted by Crippen LogP contribution is -2.46. The summed E-state index contributed by atoms with van der Waals surface area (Å²) in [4.78, 5) is 23.8. The molecule has 2 amide bonds. The zero-order chi connectivity index (χ0) is 17.8. The van der Waals surface area contributed by atoms with Gasteiger partial charge in [0.05, 0.1) is 13.2 Å². The summed E-state index contributed by atoms with van der Waals surface area (Å²) in [5.41, 5.74) is 0.986. The summed E-state index contributed by atoms with van der Waals surface area (Å²) >= 11 is 1.66. The molecule has 0 aliphatic carbocycles. The van der Waals surface area contributed by atoms with Gasteiger partial charge in [-0.1, -0.05) is 6.07 Å². The first kappa shape index (κ1) is 16.7. The SMILES string of the molecule is O=C(NCc1ccnc(-n2ccnc2)c1)N1CCOC(c2cccs2)C1. The van der Waals surface area contributed by atoms with Crippen LogP contribution >= 0.6 is 11.3 Å². The van der Waals surface area contributed by atoms with Crippen LogP contribution in [0.5, 0.6) is 0 Å². The molecule has 0 aromatic carbocycles. The van der Waals surface area contributed by atoms with Crippen LogP contribution in [0, 0.1) is 0 Å². The third kappa shape index (κ3) is 3.76. The van der Waals surface area contributed by atoms with Gasteiger partial charge in [-0.3, -0.25) is 4.57 Å². The minimum atomic E-state index is -0.0733. The number of pyridine rings is 1. The Kier molecular flexibility index (Phi) is 4.94. The molecular formula is C18H19N5O2S. The molecule has 0 saturated carbocycles. The molecule has 4 heterocycles. The molecule has 3 aromatic rings. The molecule has 3 aromatic heterocycles. The lowest BCUT2D eigenvalue weighted by atomic mass is 10.2. The number of carbonyl (C=O) groups is 1. The van der Waals surface area contributed by atoms with E-state index >= 15 is 0 Å². The van der Waals surface area contributed by atoms with E-state index in [1.807, 2.05) is 45.3 Å². The molecule has 4 rings (SSSR count). The van der Waals surface area contributed by atoms with Gasteiger partial charge in [0.2, 0.25) is 0 Å². The molecule has 1 aliphatic rings. The smallest absolute Gasteiger partial charge is 0.317 e. The van der Waals surface area contributed by atoms with Crippen LogP contribution in [-0.2, 0) is 11.3 Å². The van der Waals surface area contributed by atoms with Crippen molar-refractivity contribution < 1.29 is 9.53 Å². The number of amides is 2. The van der Waals surface area contributed by atoms with Gasteiger partial charge in [-0.15, -0.1) is 11.3 Å². The van der Waals surface area contributed by atoms with E-state index in [1.165, 1.54) is 0 Å². The van der Waals surface area contributed by atoms with Gasteiger partial charge >= 0.3 is 6.03 Å². The Morgan fingerprint density at radius 3 is 3.15 bits per heavy atom. The van der Waals surface area contributed by atoms with E-state index < -0.39 is 0 Å². The number of hydrogen-bond acceptors (Lipinski definition) is 5. The highest BCUT2D eigenvalue weighted by atomic mass is 32.1. The van der Waals surface area contributed by atoms with Crippen LogP contribution in [0.1, 0.15) is 16.5 Å². The zero-order valence-electron chi connectivity index (χ0n) is 14.1. The average molecular weight is 369 g/mol. The third-order valence-corrected chi connectivity index (χ3v) is 5.20. The second-order valence-electron chi connectivity index (χ2n) is 5.97. The number of carbonyl (C=O) groups excluding carboxylic acids is 1. The maximum atomic E-state index is 12.5. The molecule has 134 valence electrons. The van der Waals surface area contributed by atoms with E-state index in [9.17, 15) is 4.79 Å². The van der Waals surface area contributed by atoms with Crippen molar-refractivity contribution in [2.75, 3.05) is 19.7 Å². The molecule has 0 radical (unpaired) electrons. The topological polar surface area (TPSA) is 72.3 Å². The molecule has 1 atom stereocenters. The fourth-order valence-electron chi connectivity index (χ4n) is 2.88.